The molecule has 2 aromatic rings. The number of carbonyl (C=O) groups excluding carboxylic acids is 1. The van der Waals surface area contributed by atoms with Gasteiger partial charge in [0.25, 0.3) is 5.91 Å². The zero-order valence-electron chi connectivity index (χ0n) is 11.7. The number of carbonyl (C=O) groups is 1. The Balaban J connectivity index is 1.90. The van der Waals surface area contributed by atoms with Crippen LogP contribution in [-0.2, 0) is 0 Å². The Morgan fingerprint density at radius 3 is 2.33 bits per heavy atom. The molecule has 21 heavy (non-hydrogen) atoms. The standard InChI is InChI=1S/C17H17N3O/c21-17(14-7-3-1-4-8-14)20(13-16-18-11-12-19-16)15-9-5-2-6-10-15/h1-10H,11-13H2,(H,18,19). The summed E-state index contributed by atoms with van der Waals surface area (Å²) in [5.41, 5.74) is 1.56. The highest BCUT2D eigenvalue weighted by atomic mass is 16.2. The van der Waals surface area contributed by atoms with E-state index in [1.165, 1.54) is 0 Å². The lowest BCUT2D eigenvalue weighted by Crippen LogP contribution is -2.39. The van der Waals surface area contributed by atoms with Gasteiger partial charge in [-0.25, -0.2) is 0 Å². The summed E-state index contributed by atoms with van der Waals surface area (Å²) in [4.78, 5) is 18.9. The Morgan fingerprint density at radius 2 is 1.71 bits per heavy atom. The SMILES string of the molecule is O=C(c1ccccc1)N(CC1=NCCN1)c1ccccc1. The normalized spacial score (nSPS) is 13.4. The van der Waals surface area contributed by atoms with Crippen LogP contribution in [-0.4, -0.2) is 31.4 Å². The first-order chi connectivity index (χ1) is 10.3. The molecule has 0 atom stereocenters. The fraction of sp³-hybridized carbons (Fsp3) is 0.176. The third-order valence-electron chi connectivity index (χ3n) is 3.39. The van der Waals surface area contributed by atoms with Crippen molar-refractivity contribution in [2.75, 3.05) is 24.5 Å². The molecule has 0 bridgehead atoms. The fourth-order valence-electron chi connectivity index (χ4n) is 2.33. The molecular weight excluding hydrogens is 262 g/mol. The third kappa shape index (κ3) is 3.11. The summed E-state index contributed by atoms with van der Waals surface area (Å²) in [6, 6.07) is 19.0. The van der Waals surface area contributed by atoms with Gasteiger partial charge in [0, 0.05) is 17.8 Å². The summed E-state index contributed by atoms with van der Waals surface area (Å²) in [5.74, 6) is 0.848. The number of aliphatic imine (C=N–C) groups is 1. The summed E-state index contributed by atoms with van der Waals surface area (Å²) < 4.78 is 0. The lowest BCUT2D eigenvalue weighted by atomic mass is 10.1. The second kappa shape index (κ2) is 6.22. The number of nitrogens with one attached hydrogen (secondary N) is 1. The molecule has 0 fully saturated rings. The van der Waals surface area contributed by atoms with Gasteiger partial charge in [0.2, 0.25) is 0 Å². The first-order valence-corrected chi connectivity index (χ1v) is 7.04. The number of amidine groups is 1. The van der Waals surface area contributed by atoms with Crippen LogP contribution < -0.4 is 10.2 Å². The monoisotopic (exact) mass is 279 g/mol. The van der Waals surface area contributed by atoms with E-state index >= 15 is 0 Å². The number of anilines is 1. The third-order valence-corrected chi connectivity index (χ3v) is 3.39. The van der Waals surface area contributed by atoms with Crippen LogP contribution in [0, 0.1) is 0 Å². The lowest BCUT2D eigenvalue weighted by Gasteiger charge is -2.23. The van der Waals surface area contributed by atoms with Gasteiger partial charge in [-0.2, -0.15) is 0 Å². The molecule has 4 nitrogen and oxygen atoms in total. The van der Waals surface area contributed by atoms with Gasteiger partial charge in [0.15, 0.2) is 0 Å². The van der Waals surface area contributed by atoms with Crippen molar-refractivity contribution in [2.24, 2.45) is 4.99 Å². The molecule has 0 radical (unpaired) electrons. The molecule has 0 aliphatic carbocycles. The quantitative estimate of drug-likeness (QED) is 0.933. The highest BCUT2D eigenvalue weighted by molar-refractivity contribution is 6.09. The van der Waals surface area contributed by atoms with Crippen LogP contribution >= 0.6 is 0 Å². The molecule has 1 heterocycles. The minimum absolute atomic E-state index is 0.0156. The fourth-order valence-corrected chi connectivity index (χ4v) is 2.33. The van der Waals surface area contributed by atoms with E-state index in [0.29, 0.717) is 12.1 Å². The minimum atomic E-state index is -0.0156. The van der Waals surface area contributed by atoms with E-state index in [4.69, 9.17) is 0 Å². The van der Waals surface area contributed by atoms with Gasteiger partial charge in [-0.15, -0.1) is 0 Å². The van der Waals surface area contributed by atoms with Crippen molar-refractivity contribution < 1.29 is 4.79 Å². The first kappa shape index (κ1) is 13.4. The summed E-state index contributed by atoms with van der Waals surface area (Å²) in [6.45, 7) is 2.09. The van der Waals surface area contributed by atoms with Crippen molar-refractivity contribution >= 4 is 17.4 Å². The molecule has 0 saturated heterocycles. The number of para-hydroxylation sites is 1. The van der Waals surface area contributed by atoms with Crippen LogP contribution in [0.25, 0.3) is 0 Å². The maximum Gasteiger partial charge on any atom is 0.258 e. The Morgan fingerprint density at radius 1 is 1.05 bits per heavy atom. The Bertz CT molecular complexity index is 638. The molecule has 2 aromatic carbocycles. The maximum absolute atomic E-state index is 12.8. The summed E-state index contributed by atoms with van der Waals surface area (Å²) in [6.07, 6.45) is 0. The Kier molecular flexibility index (Phi) is 3.96. The zero-order chi connectivity index (χ0) is 14.5. The second-order valence-corrected chi connectivity index (χ2v) is 4.85. The predicted octanol–water partition coefficient (Wildman–Crippen LogP) is 2.34. The molecule has 3 rings (SSSR count). The van der Waals surface area contributed by atoms with Gasteiger partial charge < -0.3 is 10.2 Å². The smallest absolute Gasteiger partial charge is 0.258 e. The number of nitrogens with zero attached hydrogens (tertiary/aromatic N) is 2. The Labute approximate surface area is 124 Å². The van der Waals surface area contributed by atoms with Gasteiger partial charge in [-0.1, -0.05) is 36.4 Å². The number of hydrogen-bond acceptors (Lipinski definition) is 3. The van der Waals surface area contributed by atoms with Gasteiger partial charge in [0.1, 0.15) is 5.84 Å². The van der Waals surface area contributed by atoms with Crippen molar-refractivity contribution in [1.29, 1.82) is 0 Å². The van der Waals surface area contributed by atoms with E-state index in [-0.39, 0.29) is 5.91 Å². The average molecular weight is 279 g/mol. The Hall–Kier alpha value is -2.62. The maximum atomic E-state index is 12.8. The van der Waals surface area contributed by atoms with Gasteiger partial charge in [0.05, 0.1) is 13.1 Å². The van der Waals surface area contributed by atoms with Crippen LogP contribution in [0.5, 0.6) is 0 Å². The van der Waals surface area contributed by atoms with Gasteiger partial charge in [-0.3, -0.25) is 9.79 Å². The van der Waals surface area contributed by atoms with Crippen LogP contribution in [0.4, 0.5) is 5.69 Å². The van der Waals surface area contributed by atoms with Gasteiger partial charge >= 0.3 is 0 Å². The molecule has 4 heteroatoms. The largest absolute Gasteiger partial charge is 0.370 e. The van der Waals surface area contributed by atoms with E-state index < -0.39 is 0 Å². The molecule has 1 aliphatic rings. The second-order valence-electron chi connectivity index (χ2n) is 4.85. The summed E-state index contributed by atoms with van der Waals surface area (Å²) >= 11 is 0. The molecule has 0 spiro atoms. The topological polar surface area (TPSA) is 44.7 Å². The van der Waals surface area contributed by atoms with Crippen molar-refractivity contribution in [3.63, 3.8) is 0 Å². The first-order valence-electron chi connectivity index (χ1n) is 7.04. The van der Waals surface area contributed by atoms with Crippen molar-refractivity contribution in [1.82, 2.24) is 5.32 Å². The highest BCUT2D eigenvalue weighted by Gasteiger charge is 2.20. The predicted molar refractivity (Wildman–Crippen MR) is 84.9 cm³/mol. The molecule has 0 aromatic heterocycles. The van der Waals surface area contributed by atoms with Crippen molar-refractivity contribution in [2.45, 2.75) is 0 Å². The zero-order valence-corrected chi connectivity index (χ0v) is 11.7. The van der Waals surface area contributed by atoms with E-state index in [1.807, 2.05) is 60.7 Å². The molecular formula is C17H17N3O. The number of amides is 1. The molecule has 0 unspecified atom stereocenters. The molecule has 1 amide bonds. The van der Waals surface area contributed by atoms with Crippen LogP contribution in [0.15, 0.2) is 65.7 Å². The molecule has 106 valence electrons. The van der Waals surface area contributed by atoms with Crippen LogP contribution in [0.2, 0.25) is 0 Å². The lowest BCUT2D eigenvalue weighted by molar-refractivity contribution is 0.0990. The van der Waals surface area contributed by atoms with Crippen LogP contribution in [0.3, 0.4) is 0 Å². The highest BCUT2D eigenvalue weighted by Crippen LogP contribution is 2.17. The van der Waals surface area contributed by atoms with E-state index in [0.717, 1.165) is 24.6 Å². The van der Waals surface area contributed by atoms with Gasteiger partial charge in [-0.05, 0) is 24.3 Å². The number of rotatable bonds is 4. The van der Waals surface area contributed by atoms with E-state index in [9.17, 15) is 4.79 Å². The molecule has 0 saturated carbocycles. The minimum Gasteiger partial charge on any atom is -0.370 e. The number of hydrogen-bond donors (Lipinski definition) is 1. The summed E-state index contributed by atoms with van der Waals surface area (Å²) in [5, 5.41) is 3.22. The van der Waals surface area contributed by atoms with E-state index in [1.54, 1.807) is 4.90 Å². The van der Waals surface area contributed by atoms with Crippen molar-refractivity contribution in [3.05, 3.63) is 66.2 Å². The molecule has 1 aliphatic heterocycles. The average Bonchev–Trinajstić information content (AvgIpc) is 3.07. The summed E-state index contributed by atoms with van der Waals surface area (Å²) in [7, 11) is 0. The number of benzene rings is 2. The van der Waals surface area contributed by atoms with Crippen LogP contribution in [0.1, 0.15) is 10.4 Å². The van der Waals surface area contributed by atoms with Crippen molar-refractivity contribution in [3.8, 4) is 0 Å². The molecule has 1 N–H and O–H groups in total. The van der Waals surface area contributed by atoms with E-state index in [2.05, 4.69) is 10.3 Å².